The molecule has 1 heterocycles. The number of nitrogens with one attached hydrogen (secondary N) is 2. The van der Waals surface area contributed by atoms with Crippen molar-refractivity contribution in [1.29, 1.82) is 0 Å². The van der Waals surface area contributed by atoms with Crippen molar-refractivity contribution in [2.24, 2.45) is 0 Å². The highest BCUT2D eigenvalue weighted by Gasteiger charge is 2.15. The van der Waals surface area contributed by atoms with Crippen LogP contribution < -0.4 is 10.6 Å². The second kappa shape index (κ2) is 7.01. The molecular weight excluding hydrogens is 228 g/mol. The van der Waals surface area contributed by atoms with Crippen LogP contribution in [0.1, 0.15) is 18.4 Å². The van der Waals surface area contributed by atoms with Crippen LogP contribution in [0.2, 0.25) is 0 Å². The van der Waals surface area contributed by atoms with Gasteiger partial charge in [0.25, 0.3) is 0 Å². The lowest BCUT2D eigenvalue weighted by atomic mass is 10.1. The Morgan fingerprint density at radius 1 is 1.28 bits per heavy atom. The number of ether oxygens (including phenoxy) is 1. The highest BCUT2D eigenvalue weighted by atomic mass is 16.5. The molecule has 0 spiro atoms. The first-order chi connectivity index (χ1) is 8.84. The van der Waals surface area contributed by atoms with E-state index < -0.39 is 0 Å². The second-order valence-electron chi connectivity index (χ2n) is 4.51. The summed E-state index contributed by atoms with van der Waals surface area (Å²) in [6.07, 6.45) is 3.20. The Hall–Kier alpha value is -1.55. The predicted octanol–water partition coefficient (Wildman–Crippen LogP) is 1.71. The SMILES string of the molecule is O=C(NCCc1ccccc1)NC[C@H]1CCCO1. The van der Waals surface area contributed by atoms with Gasteiger partial charge in [0.1, 0.15) is 0 Å². The van der Waals surface area contributed by atoms with Gasteiger partial charge >= 0.3 is 6.03 Å². The molecule has 0 unspecified atom stereocenters. The number of benzene rings is 1. The molecule has 4 heteroatoms. The Kier molecular flexibility index (Phi) is 5.02. The summed E-state index contributed by atoms with van der Waals surface area (Å²) in [7, 11) is 0. The number of rotatable bonds is 5. The van der Waals surface area contributed by atoms with Crippen molar-refractivity contribution >= 4 is 6.03 Å². The number of carbonyl (C=O) groups excluding carboxylic acids is 1. The summed E-state index contributed by atoms with van der Waals surface area (Å²) in [6.45, 7) is 2.08. The minimum Gasteiger partial charge on any atom is -0.376 e. The molecule has 1 saturated heterocycles. The first kappa shape index (κ1) is 12.9. The van der Waals surface area contributed by atoms with E-state index in [1.807, 2.05) is 18.2 Å². The van der Waals surface area contributed by atoms with Crippen molar-refractivity contribution in [2.75, 3.05) is 19.7 Å². The molecule has 1 fully saturated rings. The van der Waals surface area contributed by atoms with E-state index in [0.717, 1.165) is 25.9 Å². The van der Waals surface area contributed by atoms with E-state index in [2.05, 4.69) is 22.8 Å². The number of hydrogen-bond donors (Lipinski definition) is 2. The highest BCUT2D eigenvalue weighted by Crippen LogP contribution is 2.10. The van der Waals surface area contributed by atoms with Gasteiger partial charge in [0.15, 0.2) is 0 Å². The lowest BCUT2D eigenvalue weighted by Gasteiger charge is -2.11. The third kappa shape index (κ3) is 4.37. The predicted molar refractivity (Wildman–Crippen MR) is 70.5 cm³/mol. The molecule has 2 N–H and O–H groups in total. The number of hydrogen-bond acceptors (Lipinski definition) is 2. The van der Waals surface area contributed by atoms with Gasteiger partial charge in [0, 0.05) is 19.7 Å². The van der Waals surface area contributed by atoms with Crippen molar-refractivity contribution < 1.29 is 9.53 Å². The van der Waals surface area contributed by atoms with Crippen LogP contribution in [0, 0.1) is 0 Å². The van der Waals surface area contributed by atoms with Gasteiger partial charge in [-0.05, 0) is 24.8 Å². The van der Waals surface area contributed by atoms with Crippen LogP contribution in [0.4, 0.5) is 4.79 Å². The zero-order chi connectivity index (χ0) is 12.6. The molecule has 18 heavy (non-hydrogen) atoms. The lowest BCUT2D eigenvalue weighted by Crippen LogP contribution is -2.40. The van der Waals surface area contributed by atoms with Gasteiger partial charge < -0.3 is 15.4 Å². The zero-order valence-corrected chi connectivity index (χ0v) is 10.5. The van der Waals surface area contributed by atoms with Gasteiger partial charge in [-0.1, -0.05) is 30.3 Å². The first-order valence-electron chi connectivity index (χ1n) is 6.52. The van der Waals surface area contributed by atoms with Crippen molar-refractivity contribution in [3.8, 4) is 0 Å². The fourth-order valence-corrected chi connectivity index (χ4v) is 2.04. The maximum atomic E-state index is 11.5. The van der Waals surface area contributed by atoms with Crippen LogP contribution in [0.25, 0.3) is 0 Å². The van der Waals surface area contributed by atoms with Crippen LogP contribution in [-0.2, 0) is 11.2 Å². The largest absolute Gasteiger partial charge is 0.376 e. The van der Waals surface area contributed by atoms with E-state index in [1.54, 1.807) is 0 Å². The molecule has 4 nitrogen and oxygen atoms in total. The summed E-state index contributed by atoms with van der Waals surface area (Å²) in [5, 5.41) is 5.69. The number of amides is 2. The van der Waals surface area contributed by atoms with E-state index in [4.69, 9.17) is 4.74 Å². The van der Waals surface area contributed by atoms with Crippen LogP contribution in [0.3, 0.4) is 0 Å². The minimum atomic E-state index is -0.110. The van der Waals surface area contributed by atoms with Gasteiger partial charge in [0.05, 0.1) is 6.10 Å². The van der Waals surface area contributed by atoms with Gasteiger partial charge in [-0.2, -0.15) is 0 Å². The van der Waals surface area contributed by atoms with Crippen molar-refractivity contribution in [2.45, 2.75) is 25.4 Å². The van der Waals surface area contributed by atoms with Crippen molar-refractivity contribution in [1.82, 2.24) is 10.6 Å². The number of carbonyl (C=O) groups is 1. The summed E-state index contributed by atoms with van der Waals surface area (Å²) < 4.78 is 5.43. The standard InChI is InChI=1S/C14H20N2O2/c17-14(16-11-13-7-4-10-18-13)15-9-8-12-5-2-1-3-6-12/h1-3,5-6,13H,4,7-11H2,(H2,15,16,17)/t13-/m1/s1. The van der Waals surface area contributed by atoms with Gasteiger partial charge in [0.2, 0.25) is 0 Å². The molecule has 98 valence electrons. The zero-order valence-electron chi connectivity index (χ0n) is 10.5. The minimum absolute atomic E-state index is 0.110. The Bertz CT molecular complexity index is 361. The monoisotopic (exact) mass is 248 g/mol. The van der Waals surface area contributed by atoms with E-state index in [9.17, 15) is 4.79 Å². The van der Waals surface area contributed by atoms with Crippen LogP contribution in [0.15, 0.2) is 30.3 Å². The Morgan fingerprint density at radius 3 is 2.83 bits per heavy atom. The molecule has 1 aromatic carbocycles. The van der Waals surface area contributed by atoms with Crippen molar-refractivity contribution in [3.05, 3.63) is 35.9 Å². The maximum Gasteiger partial charge on any atom is 0.314 e. The molecule has 1 atom stereocenters. The first-order valence-corrected chi connectivity index (χ1v) is 6.52. The molecule has 0 aliphatic carbocycles. The third-order valence-electron chi connectivity index (χ3n) is 3.06. The molecule has 2 rings (SSSR count). The fraction of sp³-hybridized carbons (Fsp3) is 0.500. The fourth-order valence-electron chi connectivity index (χ4n) is 2.04. The average molecular weight is 248 g/mol. The van der Waals surface area contributed by atoms with Crippen LogP contribution in [0.5, 0.6) is 0 Å². The van der Waals surface area contributed by atoms with Gasteiger partial charge in [-0.3, -0.25) is 0 Å². The summed E-state index contributed by atoms with van der Waals surface area (Å²) in [4.78, 5) is 11.5. The smallest absolute Gasteiger partial charge is 0.314 e. The quantitative estimate of drug-likeness (QED) is 0.833. The average Bonchev–Trinajstić information content (AvgIpc) is 2.91. The number of urea groups is 1. The molecule has 2 amide bonds. The van der Waals surface area contributed by atoms with Crippen LogP contribution in [-0.4, -0.2) is 31.8 Å². The van der Waals surface area contributed by atoms with Gasteiger partial charge in [-0.15, -0.1) is 0 Å². The normalized spacial score (nSPS) is 18.6. The Labute approximate surface area is 108 Å². The molecule has 0 aromatic heterocycles. The summed E-state index contributed by atoms with van der Waals surface area (Å²) >= 11 is 0. The molecular formula is C14H20N2O2. The van der Waals surface area contributed by atoms with E-state index in [0.29, 0.717) is 13.1 Å². The molecule has 1 aliphatic rings. The van der Waals surface area contributed by atoms with Gasteiger partial charge in [-0.25, -0.2) is 4.79 Å². The molecule has 1 aromatic rings. The maximum absolute atomic E-state index is 11.5. The summed E-state index contributed by atoms with van der Waals surface area (Å²) in [5.74, 6) is 0. The Morgan fingerprint density at radius 2 is 2.11 bits per heavy atom. The van der Waals surface area contributed by atoms with E-state index >= 15 is 0 Å². The Balaban J connectivity index is 1.57. The molecule has 1 aliphatic heterocycles. The van der Waals surface area contributed by atoms with E-state index in [1.165, 1.54) is 5.56 Å². The van der Waals surface area contributed by atoms with Crippen molar-refractivity contribution in [3.63, 3.8) is 0 Å². The molecule has 0 saturated carbocycles. The summed E-state index contributed by atoms with van der Waals surface area (Å²) in [5.41, 5.74) is 1.23. The topological polar surface area (TPSA) is 50.4 Å². The highest BCUT2D eigenvalue weighted by molar-refractivity contribution is 5.73. The third-order valence-corrected chi connectivity index (χ3v) is 3.06. The second-order valence-corrected chi connectivity index (χ2v) is 4.51. The molecule has 0 radical (unpaired) electrons. The molecule has 0 bridgehead atoms. The van der Waals surface area contributed by atoms with E-state index in [-0.39, 0.29) is 12.1 Å². The van der Waals surface area contributed by atoms with Crippen LogP contribution >= 0.6 is 0 Å². The lowest BCUT2D eigenvalue weighted by molar-refractivity contribution is 0.111. The summed E-state index contributed by atoms with van der Waals surface area (Å²) in [6, 6.07) is 10.0.